The Labute approximate surface area is 111 Å². The molecule has 1 heterocycles. The molecule has 5 nitrogen and oxygen atoms in total. The molecule has 1 aromatic rings. The van der Waals surface area contributed by atoms with E-state index in [-0.39, 0.29) is 5.91 Å². The number of aromatic nitrogens is 3. The molecule has 1 aromatic heterocycles. The highest BCUT2D eigenvalue weighted by molar-refractivity contribution is 7.99. The van der Waals surface area contributed by atoms with Gasteiger partial charge in [-0.15, -0.1) is 10.2 Å². The molecule has 98 valence electrons. The number of amides is 1. The minimum atomic E-state index is 0.122. The monoisotopic (exact) mass is 266 g/mol. The summed E-state index contributed by atoms with van der Waals surface area (Å²) in [5, 5.41) is 12.0. The Balaban J connectivity index is 1.47. The van der Waals surface area contributed by atoms with E-state index in [1.165, 1.54) is 37.4 Å². The van der Waals surface area contributed by atoms with Gasteiger partial charge in [0.2, 0.25) is 5.91 Å². The Bertz CT molecular complexity index is 423. The average molecular weight is 266 g/mol. The molecule has 18 heavy (non-hydrogen) atoms. The van der Waals surface area contributed by atoms with Crippen LogP contribution in [0.4, 0.5) is 0 Å². The number of nitrogens with one attached hydrogen (secondary N) is 1. The Hall–Kier alpha value is -1.04. The summed E-state index contributed by atoms with van der Waals surface area (Å²) in [4.78, 5) is 11.8. The van der Waals surface area contributed by atoms with E-state index in [9.17, 15) is 4.79 Å². The fourth-order valence-electron chi connectivity index (χ4n) is 2.41. The second-order valence-electron chi connectivity index (χ2n) is 5.09. The third kappa shape index (κ3) is 2.85. The third-order valence-corrected chi connectivity index (χ3v) is 4.49. The van der Waals surface area contributed by atoms with E-state index in [0.29, 0.717) is 17.8 Å². The van der Waals surface area contributed by atoms with Gasteiger partial charge in [-0.05, 0) is 25.7 Å². The predicted octanol–water partition coefficient (Wildman–Crippen LogP) is 1.76. The van der Waals surface area contributed by atoms with Gasteiger partial charge in [0.05, 0.1) is 5.75 Å². The van der Waals surface area contributed by atoms with Crippen LogP contribution in [0, 0.1) is 0 Å². The van der Waals surface area contributed by atoms with E-state index in [0.717, 1.165) is 18.0 Å². The summed E-state index contributed by atoms with van der Waals surface area (Å²) >= 11 is 1.49. The lowest BCUT2D eigenvalue weighted by atomic mass is 10.2. The molecule has 2 saturated carbocycles. The lowest BCUT2D eigenvalue weighted by molar-refractivity contribution is -0.119. The molecule has 0 bridgehead atoms. The van der Waals surface area contributed by atoms with Crippen molar-refractivity contribution >= 4 is 17.7 Å². The van der Waals surface area contributed by atoms with Gasteiger partial charge in [0.25, 0.3) is 0 Å². The maximum Gasteiger partial charge on any atom is 0.230 e. The zero-order valence-electron chi connectivity index (χ0n) is 10.3. The van der Waals surface area contributed by atoms with Gasteiger partial charge in [0.15, 0.2) is 5.16 Å². The van der Waals surface area contributed by atoms with Gasteiger partial charge >= 0.3 is 0 Å². The highest BCUT2D eigenvalue weighted by atomic mass is 32.2. The van der Waals surface area contributed by atoms with E-state index in [4.69, 9.17) is 0 Å². The molecule has 2 fully saturated rings. The lowest BCUT2D eigenvalue weighted by Crippen LogP contribution is -2.33. The smallest absolute Gasteiger partial charge is 0.230 e. The van der Waals surface area contributed by atoms with Gasteiger partial charge in [0, 0.05) is 12.1 Å². The molecule has 0 saturated heterocycles. The first-order chi connectivity index (χ1) is 8.83. The summed E-state index contributed by atoms with van der Waals surface area (Å²) in [6.45, 7) is 0. The van der Waals surface area contributed by atoms with E-state index in [2.05, 4.69) is 20.1 Å². The van der Waals surface area contributed by atoms with Crippen molar-refractivity contribution in [2.24, 2.45) is 0 Å². The van der Waals surface area contributed by atoms with Crippen LogP contribution in [0.15, 0.2) is 11.5 Å². The molecule has 3 rings (SSSR count). The second kappa shape index (κ2) is 5.30. The highest BCUT2D eigenvalue weighted by Crippen LogP contribution is 2.37. The number of nitrogens with zero attached hydrogens (tertiary/aromatic N) is 3. The van der Waals surface area contributed by atoms with Gasteiger partial charge < -0.3 is 9.88 Å². The van der Waals surface area contributed by atoms with E-state index in [1.807, 2.05) is 0 Å². The van der Waals surface area contributed by atoms with Crippen LogP contribution >= 0.6 is 11.8 Å². The molecule has 0 spiro atoms. The summed E-state index contributed by atoms with van der Waals surface area (Å²) in [6, 6.07) is 0.972. The molecule has 2 aliphatic carbocycles. The summed E-state index contributed by atoms with van der Waals surface area (Å²) in [5.41, 5.74) is 0. The van der Waals surface area contributed by atoms with Crippen molar-refractivity contribution in [3.63, 3.8) is 0 Å². The van der Waals surface area contributed by atoms with Crippen LogP contribution in [0.3, 0.4) is 0 Å². The molecule has 0 atom stereocenters. The fourth-order valence-corrected chi connectivity index (χ4v) is 3.20. The quantitative estimate of drug-likeness (QED) is 0.825. The standard InChI is InChI=1S/C12H18N4OS/c17-11(14-9-3-1-2-4-9)7-18-12-15-13-8-16(12)10-5-6-10/h8-10H,1-7H2,(H,14,17). The molecular weight excluding hydrogens is 248 g/mol. The number of carbonyl (C=O) groups is 1. The number of carbonyl (C=O) groups excluding carboxylic acids is 1. The van der Waals surface area contributed by atoms with E-state index >= 15 is 0 Å². The Morgan fingerprint density at radius 2 is 2.17 bits per heavy atom. The zero-order valence-corrected chi connectivity index (χ0v) is 11.2. The normalized spacial score (nSPS) is 20.2. The van der Waals surface area contributed by atoms with Crippen LogP contribution in [0.2, 0.25) is 0 Å². The first-order valence-electron chi connectivity index (χ1n) is 6.64. The molecule has 2 aliphatic rings. The predicted molar refractivity (Wildman–Crippen MR) is 69.4 cm³/mol. The average Bonchev–Trinajstić information content (AvgIpc) is 2.90. The van der Waals surface area contributed by atoms with Crippen molar-refractivity contribution < 1.29 is 4.79 Å². The van der Waals surface area contributed by atoms with Crippen molar-refractivity contribution in [2.75, 3.05) is 5.75 Å². The van der Waals surface area contributed by atoms with Gasteiger partial charge in [-0.1, -0.05) is 24.6 Å². The maximum absolute atomic E-state index is 11.8. The summed E-state index contributed by atoms with van der Waals surface area (Å²) < 4.78 is 2.09. The molecular formula is C12H18N4OS. The first-order valence-corrected chi connectivity index (χ1v) is 7.63. The first kappa shape index (κ1) is 12.0. The highest BCUT2D eigenvalue weighted by Gasteiger charge is 2.26. The SMILES string of the molecule is O=C(CSc1nncn1C1CC1)NC1CCCC1. The van der Waals surface area contributed by atoms with Crippen molar-refractivity contribution in [1.29, 1.82) is 0 Å². The lowest BCUT2D eigenvalue weighted by Gasteiger charge is -2.11. The van der Waals surface area contributed by atoms with Crippen LogP contribution in [-0.2, 0) is 4.79 Å². The minimum absolute atomic E-state index is 0.122. The summed E-state index contributed by atoms with van der Waals surface area (Å²) in [7, 11) is 0. The minimum Gasteiger partial charge on any atom is -0.353 e. The van der Waals surface area contributed by atoms with Gasteiger partial charge in [-0.25, -0.2) is 0 Å². The van der Waals surface area contributed by atoms with Crippen molar-refractivity contribution in [3.05, 3.63) is 6.33 Å². The number of hydrogen-bond donors (Lipinski definition) is 1. The van der Waals surface area contributed by atoms with Crippen LogP contribution in [0.25, 0.3) is 0 Å². The molecule has 1 N–H and O–H groups in total. The topological polar surface area (TPSA) is 59.8 Å². The summed E-state index contributed by atoms with van der Waals surface area (Å²) in [6.07, 6.45) is 8.94. The maximum atomic E-state index is 11.8. The molecule has 0 aliphatic heterocycles. The molecule has 1 amide bonds. The van der Waals surface area contributed by atoms with Gasteiger partial charge in [-0.3, -0.25) is 4.79 Å². The van der Waals surface area contributed by atoms with Crippen LogP contribution in [0.5, 0.6) is 0 Å². The van der Waals surface area contributed by atoms with E-state index in [1.54, 1.807) is 6.33 Å². The molecule has 0 radical (unpaired) electrons. The van der Waals surface area contributed by atoms with Crippen molar-refractivity contribution in [2.45, 2.75) is 55.8 Å². The van der Waals surface area contributed by atoms with Gasteiger partial charge in [-0.2, -0.15) is 0 Å². The number of hydrogen-bond acceptors (Lipinski definition) is 4. The molecule has 0 unspecified atom stereocenters. The van der Waals surface area contributed by atoms with Crippen LogP contribution in [-0.4, -0.2) is 32.5 Å². The van der Waals surface area contributed by atoms with E-state index < -0.39 is 0 Å². The van der Waals surface area contributed by atoms with Crippen molar-refractivity contribution in [3.8, 4) is 0 Å². The Morgan fingerprint density at radius 3 is 2.89 bits per heavy atom. The van der Waals surface area contributed by atoms with Crippen molar-refractivity contribution in [1.82, 2.24) is 20.1 Å². The molecule has 6 heteroatoms. The zero-order chi connectivity index (χ0) is 12.4. The molecule has 0 aromatic carbocycles. The van der Waals surface area contributed by atoms with Gasteiger partial charge in [0.1, 0.15) is 6.33 Å². The largest absolute Gasteiger partial charge is 0.353 e. The summed E-state index contributed by atoms with van der Waals surface area (Å²) in [5.74, 6) is 0.569. The second-order valence-corrected chi connectivity index (χ2v) is 6.03. The third-order valence-electron chi connectivity index (χ3n) is 3.53. The van der Waals surface area contributed by atoms with Crippen LogP contribution in [0.1, 0.15) is 44.6 Å². The Kier molecular flexibility index (Phi) is 3.54. The number of thioether (sulfide) groups is 1. The van der Waals surface area contributed by atoms with Crippen LogP contribution < -0.4 is 5.32 Å². The fraction of sp³-hybridized carbons (Fsp3) is 0.750. The Morgan fingerprint density at radius 1 is 1.39 bits per heavy atom. The number of rotatable bonds is 5.